The van der Waals surface area contributed by atoms with E-state index in [4.69, 9.17) is 10.2 Å². The van der Waals surface area contributed by atoms with Crippen LogP contribution in [0, 0.1) is 6.92 Å². The van der Waals surface area contributed by atoms with E-state index in [1.165, 1.54) is 25.7 Å². The fraction of sp³-hybridized carbons (Fsp3) is 0.714. The van der Waals surface area contributed by atoms with Crippen LogP contribution in [0.4, 0.5) is 0 Å². The average Bonchev–Trinajstić information content (AvgIpc) is 3.08. The van der Waals surface area contributed by atoms with E-state index in [-0.39, 0.29) is 6.04 Å². The number of rotatable bonds is 7. The number of furan rings is 1. The third-order valence-electron chi connectivity index (χ3n) is 3.50. The summed E-state index contributed by atoms with van der Waals surface area (Å²) in [7, 11) is 0. The summed E-state index contributed by atoms with van der Waals surface area (Å²) in [6.45, 7) is 6.01. The summed E-state index contributed by atoms with van der Waals surface area (Å²) < 4.78 is 5.75. The molecule has 0 spiro atoms. The van der Waals surface area contributed by atoms with E-state index in [1.807, 2.05) is 13.0 Å². The molecular formula is C14H24N2O. The van der Waals surface area contributed by atoms with Gasteiger partial charge in [-0.3, -0.25) is 4.90 Å². The normalized spacial score (nSPS) is 17.6. The van der Waals surface area contributed by atoms with Crippen LogP contribution in [0.2, 0.25) is 0 Å². The van der Waals surface area contributed by atoms with Gasteiger partial charge in [0, 0.05) is 12.6 Å². The summed E-state index contributed by atoms with van der Waals surface area (Å²) in [6, 6.07) is 5.11. The van der Waals surface area contributed by atoms with Gasteiger partial charge >= 0.3 is 0 Å². The number of nitrogens with zero attached hydrogens (tertiary/aromatic N) is 1. The molecule has 1 fully saturated rings. The van der Waals surface area contributed by atoms with Crippen molar-refractivity contribution in [3.63, 3.8) is 0 Å². The lowest BCUT2D eigenvalue weighted by Crippen LogP contribution is -2.36. The minimum absolute atomic E-state index is 0.266. The van der Waals surface area contributed by atoms with Crippen molar-refractivity contribution in [2.75, 3.05) is 13.1 Å². The van der Waals surface area contributed by atoms with E-state index in [1.54, 1.807) is 0 Å². The maximum Gasteiger partial charge on any atom is 0.122 e. The molecule has 0 amide bonds. The summed E-state index contributed by atoms with van der Waals surface area (Å²) in [5.74, 6) is 2.01. The molecule has 1 unspecified atom stereocenters. The van der Waals surface area contributed by atoms with Crippen molar-refractivity contribution in [2.45, 2.75) is 51.6 Å². The van der Waals surface area contributed by atoms with Gasteiger partial charge in [-0.15, -0.1) is 0 Å². The van der Waals surface area contributed by atoms with Crippen molar-refractivity contribution >= 4 is 0 Å². The van der Waals surface area contributed by atoms with Gasteiger partial charge in [0.15, 0.2) is 0 Å². The smallest absolute Gasteiger partial charge is 0.122 e. The van der Waals surface area contributed by atoms with Gasteiger partial charge in [0.25, 0.3) is 0 Å². The van der Waals surface area contributed by atoms with Crippen LogP contribution in [0.1, 0.15) is 50.2 Å². The van der Waals surface area contributed by atoms with Crippen molar-refractivity contribution in [3.8, 4) is 0 Å². The second kappa shape index (κ2) is 5.69. The van der Waals surface area contributed by atoms with Gasteiger partial charge in [-0.2, -0.15) is 0 Å². The molecule has 1 saturated carbocycles. The third-order valence-corrected chi connectivity index (χ3v) is 3.50. The molecule has 0 radical (unpaired) electrons. The number of hydrogen-bond donors (Lipinski definition) is 1. The first-order valence-electron chi connectivity index (χ1n) is 6.78. The van der Waals surface area contributed by atoms with Crippen LogP contribution in [-0.2, 0) is 0 Å². The second-order valence-corrected chi connectivity index (χ2v) is 5.02. The monoisotopic (exact) mass is 236 g/mol. The highest BCUT2D eigenvalue weighted by atomic mass is 16.3. The fourth-order valence-electron chi connectivity index (χ4n) is 2.39. The molecule has 17 heavy (non-hydrogen) atoms. The Morgan fingerprint density at radius 1 is 1.47 bits per heavy atom. The van der Waals surface area contributed by atoms with E-state index in [2.05, 4.69) is 17.9 Å². The van der Waals surface area contributed by atoms with Gasteiger partial charge in [-0.05, 0) is 44.9 Å². The predicted molar refractivity (Wildman–Crippen MR) is 69.9 cm³/mol. The molecule has 96 valence electrons. The molecule has 0 bridgehead atoms. The molecule has 1 aromatic heterocycles. The van der Waals surface area contributed by atoms with Gasteiger partial charge in [-0.1, -0.05) is 13.3 Å². The standard InChI is InChI=1S/C14H24N2O/c1-3-4-9-16(12-6-7-12)13(10-15)14-8-5-11(2)17-14/h5,8,12-13H,3-4,6-7,9-10,15H2,1-2H3. The molecule has 3 heteroatoms. The molecule has 1 aliphatic carbocycles. The highest BCUT2D eigenvalue weighted by Gasteiger charge is 2.34. The molecule has 2 rings (SSSR count). The van der Waals surface area contributed by atoms with E-state index in [9.17, 15) is 0 Å². The SMILES string of the molecule is CCCCN(C1CC1)C(CN)c1ccc(C)o1. The lowest BCUT2D eigenvalue weighted by atomic mass is 10.1. The van der Waals surface area contributed by atoms with Crippen LogP contribution in [0.25, 0.3) is 0 Å². The maximum atomic E-state index is 5.95. The first-order chi connectivity index (χ1) is 8.26. The molecule has 1 heterocycles. The van der Waals surface area contributed by atoms with Crippen LogP contribution in [0.5, 0.6) is 0 Å². The molecule has 1 aromatic rings. The fourth-order valence-corrected chi connectivity index (χ4v) is 2.39. The van der Waals surface area contributed by atoms with Crippen molar-refractivity contribution < 1.29 is 4.42 Å². The van der Waals surface area contributed by atoms with Crippen molar-refractivity contribution in [3.05, 3.63) is 23.7 Å². The summed E-state index contributed by atoms with van der Waals surface area (Å²) in [4.78, 5) is 2.54. The third kappa shape index (κ3) is 3.11. The summed E-state index contributed by atoms with van der Waals surface area (Å²) >= 11 is 0. The Morgan fingerprint density at radius 3 is 2.71 bits per heavy atom. The van der Waals surface area contributed by atoms with Crippen LogP contribution in [0.15, 0.2) is 16.5 Å². The summed E-state index contributed by atoms with van der Waals surface area (Å²) in [5, 5.41) is 0. The Labute approximate surface area is 104 Å². The van der Waals surface area contributed by atoms with Crippen LogP contribution in [-0.4, -0.2) is 24.0 Å². The second-order valence-electron chi connectivity index (χ2n) is 5.02. The topological polar surface area (TPSA) is 42.4 Å². The Balaban J connectivity index is 2.08. The van der Waals surface area contributed by atoms with Gasteiger partial charge in [-0.25, -0.2) is 0 Å². The largest absolute Gasteiger partial charge is 0.465 e. The minimum atomic E-state index is 0.266. The van der Waals surface area contributed by atoms with Crippen LogP contribution in [0.3, 0.4) is 0 Å². The lowest BCUT2D eigenvalue weighted by Gasteiger charge is -2.29. The Kier molecular flexibility index (Phi) is 4.24. The van der Waals surface area contributed by atoms with E-state index >= 15 is 0 Å². The van der Waals surface area contributed by atoms with Gasteiger partial charge in [0.05, 0.1) is 6.04 Å². The highest BCUT2D eigenvalue weighted by Crippen LogP contribution is 2.34. The van der Waals surface area contributed by atoms with Crippen molar-refractivity contribution in [1.29, 1.82) is 0 Å². The number of nitrogens with two attached hydrogens (primary N) is 1. The molecular weight excluding hydrogens is 212 g/mol. The Bertz CT molecular complexity index is 344. The van der Waals surface area contributed by atoms with Gasteiger partial charge < -0.3 is 10.2 Å². The van der Waals surface area contributed by atoms with E-state index < -0.39 is 0 Å². The predicted octanol–water partition coefficient (Wildman–Crippen LogP) is 2.85. The lowest BCUT2D eigenvalue weighted by molar-refractivity contribution is 0.166. The average molecular weight is 236 g/mol. The summed E-state index contributed by atoms with van der Waals surface area (Å²) in [5.41, 5.74) is 5.95. The number of hydrogen-bond acceptors (Lipinski definition) is 3. The molecule has 2 N–H and O–H groups in total. The molecule has 1 aliphatic rings. The van der Waals surface area contributed by atoms with Gasteiger partial charge in [0.1, 0.15) is 11.5 Å². The maximum absolute atomic E-state index is 5.95. The molecule has 0 aliphatic heterocycles. The van der Waals surface area contributed by atoms with Crippen molar-refractivity contribution in [1.82, 2.24) is 4.90 Å². The molecule has 0 saturated heterocycles. The van der Waals surface area contributed by atoms with Gasteiger partial charge in [0.2, 0.25) is 0 Å². The minimum Gasteiger partial charge on any atom is -0.465 e. The number of unbranched alkanes of at least 4 members (excludes halogenated alkanes) is 1. The first-order valence-corrected chi connectivity index (χ1v) is 6.78. The highest BCUT2D eigenvalue weighted by molar-refractivity contribution is 5.11. The Morgan fingerprint density at radius 2 is 2.24 bits per heavy atom. The zero-order chi connectivity index (χ0) is 12.3. The zero-order valence-corrected chi connectivity index (χ0v) is 11.0. The number of aryl methyl sites for hydroxylation is 1. The van der Waals surface area contributed by atoms with Crippen LogP contribution >= 0.6 is 0 Å². The quantitative estimate of drug-likeness (QED) is 0.791. The van der Waals surface area contributed by atoms with E-state index in [0.29, 0.717) is 6.54 Å². The Hall–Kier alpha value is -0.800. The van der Waals surface area contributed by atoms with E-state index in [0.717, 1.165) is 24.1 Å². The van der Waals surface area contributed by atoms with Crippen LogP contribution < -0.4 is 5.73 Å². The zero-order valence-electron chi connectivity index (χ0n) is 11.0. The molecule has 3 nitrogen and oxygen atoms in total. The summed E-state index contributed by atoms with van der Waals surface area (Å²) in [6.07, 6.45) is 5.12. The molecule has 1 atom stereocenters. The molecule has 0 aromatic carbocycles. The first kappa shape index (κ1) is 12.7. The van der Waals surface area contributed by atoms with Crippen molar-refractivity contribution in [2.24, 2.45) is 5.73 Å².